The van der Waals surface area contributed by atoms with Gasteiger partial charge in [0.1, 0.15) is 6.54 Å². The second kappa shape index (κ2) is 11.6. The molecule has 0 atom stereocenters. The third-order valence-electron chi connectivity index (χ3n) is 5.09. The van der Waals surface area contributed by atoms with Gasteiger partial charge in [0.25, 0.3) is 0 Å². The van der Waals surface area contributed by atoms with E-state index in [1.165, 1.54) is 18.4 Å². The Morgan fingerprint density at radius 1 is 1.36 bits per heavy atom. The van der Waals surface area contributed by atoms with Crippen molar-refractivity contribution >= 4 is 41.5 Å². The average molecular weight is 500 g/mol. The fraction of sp³-hybridized carbons (Fsp3) is 0.619. The van der Waals surface area contributed by atoms with Gasteiger partial charge in [0, 0.05) is 39.0 Å². The van der Waals surface area contributed by atoms with Crippen molar-refractivity contribution in [1.29, 1.82) is 0 Å². The van der Waals surface area contributed by atoms with Crippen molar-refractivity contribution in [3.8, 4) is 0 Å². The van der Waals surface area contributed by atoms with Crippen molar-refractivity contribution in [1.82, 2.24) is 10.2 Å². The Labute approximate surface area is 185 Å². The lowest BCUT2D eigenvalue weighted by molar-refractivity contribution is -0.117. The normalized spacial score (nSPS) is 16.2. The highest BCUT2D eigenvalue weighted by atomic mass is 127. The molecule has 6 nitrogen and oxygen atoms in total. The number of para-hydroxylation sites is 1. The van der Waals surface area contributed by atoms with E-state index in [1.807, 2.05) is 42.0 Å². The van der Waals surface area contributed by atoms with E-state index in [4.69, 9.17) is 4.74 Å². The number of benzene rings is 1. The van der Waals surface area contributed by atoms with Crippen LogP contribution < -0.4 is 10.2 Å². The molecule has 1 saturated carbocycles. The van der Waals surface area contributed by atoms with Crippen LogP contribution in [-0.2, 0) is 16.0 Å². The highest BCUT2D eigenvalue weighted by molar-refractivity contribution is 14.0. The summed E-state index contributed by atoms with van der Waals surface area (Å²) in [6.07, 6.45) is 4.66. The predicted octanol–water partition coefficient (Wildman–Crippen LogP) is 2.91. The molecule has 1 aliphatic heterocycles. The zero-order valence-electron chi connectivity index (χ0n) is 17.0. The number of fused-ring (bicyclic) bond motifs is 1. The number of guanidine groups is 1. The van der Waals surface area contributed by atoms with Crippen LogP contribution in [0.25, 0.3) is 0 Å². The first-order chi connectivity index (χ1) is 13.2. The van der Waals surface area contributed by atoms with Gasteiger partial charge in [-0.15, -0.1) is 24.0 Å². The second-order valence-electron chi connectivity index (χ2n) is 7.39. The van der Waals surface area contributed by atoms with Crippen molar-refractivity contribution in [3.05, 3.63) is 29.8 Å². The molecule has 28 heavy (non-hydrogen) atoms. The molecule has 156 valence electrons. The number of hydrogen-bond donors (Lipinski definition) is 1. The quantitative estimate of drug-likeness (QED) is 0.258. The number of amides is 1. The number of halogens is 1. The molecule has 1 aromatic rings. The summed E-state index contributed by atoms with van der Waals surface area (Å²) >= 11 is 0. The van der Waals surface area contributed by atoms with Crippen LogP contribution in [0.15, 0.2) is 29.3 Å². The van der Waals surface area contributed by atoms with Crippen LogP contribution in [0.3, 0.4) is 0 Å². The van der Waals surface area contributed by atoms with Gasteiger partial charge >= 0.3 is 0 Å². The number of ether oxygens (including phenoxy) is 1. The molecule has 0 radical (unpaired) electrons. The zero-order valence-corrected chi connectivity index (χ0v) is 19.4. The minimum atomic E-state index is 0. The van der Waals surface area contributed by atoms with Crippen LogP contribution in [0.5, 0.6) is 0 Å². The number of hydrogen-bond acceptors (Lipinski definition) is 3. The summed E-state index contributed by atoms with van der Waals surface area (Å²) in [5.41, 5.74) is 2.29. The summed E-state index contributed by atoms with van der Waals surface area (Å²) in [7, 11) is 1.99. The molecule has 1 N–H and O–H groups in total. The molecule has 0 saturated heterocycles. The van der Waals surface area contributed by atoms with Crippen molar-refractivity contribution in [2.24, 2.45) is 10.9 Å². The zero-order chi connectivity index (χ0) is 19.1. The molecule has 0 unspecified atom stereocenters. The van der Waals surface area contributed by atoms with Gasteiger partial charge in [-0.3, -0.25) is 4.79 Å². The molecule has 1 fully saturated rings. The van der Waals surface area contributed by atoms with Crippen LogP contribution in [0.4, 0.5) is 5.69 Å². The summed E-state index contributed by atoms with van der Waals surface area (Å²) < 4.78 is 5.72. The van der Waals surface area contributed by atoms with Crippen molar-refractivity contribution in [3.63, 3.8) is 0 Å². The van der Waals surface area contributed by atoms with Gasteiger partial charge in [0.15, 0.2) is 5.96 Å². The molecule has 7 heteroatoms. The molecule has 1 heterocycles. The molecule has 2 aliphatic rings. The largest absolute Gasteiger partial charge is 0.379 e. The predicted molar refractivity (Wildman–Crippen MR) is 125 cm³/mol. The third-order valence-corrected chi connectivity index (χ3v) is 5.09. The first-order valence-corrected chi connectivity index (χ1v) is 10.1. The first kappa shape index (κ1) is 22.9. The number of anilines is 1. The fourth-order valence-corrected chi connectivity index (χ4v) is 3.33. The van der Waals surface area contributed by atoms with Gasteiger partial charge in [0.2, 0.25) is 5.91 Å². The summed E-state index contributed by atoms with van der Waals surface area (Å²) in [5.74, 6) is 1.59. The van der Waals surface area contributed by atoms with Crippen LogP contribution in [0.1, 0.15) is 31.7 Å². The minimum absolute atomic E-state index is 0. The summed E-state index contributed by atoms with van der Waals surface area (Å²) in [5, 5.41) is 3.27. The number of nitrogens with one attached hydrogen (secondary N) is 1. The van der Waals surface area contributed by atoms with E-state index in [0.29, 0.717) is 6.61 Å². The minimum Gasteiger partial charge on any atom is -0.379 e. The van der Waals surface area contributed by atoms with Gasteiger partial charge in [0.05, 0.1) is 6.61 Å². The van der Waals surface area contributed by atoms with E-state index in [0.717, 1.165) is 56.6 Å². The maximum atomic E-state index is 12.8. The van der Waals surface area contributed by atoms with Gasteiger partial charge in [-0.1, -0.05) is 18.2 Å². The fourth-order valence-electron chi connectivity index (χ4n) is 3.33. The number of aryl methyl sites for hydroxylation is 1. The van der Waals surface area contributed by atoms with E-state index in [2.05, 4.69) is 16.4 Å². The topological polar surface area (TPSA) is 57.2 Å². The number of aliphatic imine (C=N–C) groups is 1. The number of carbonyl (C=O) groups excluding carboxylic acids is 1. The molecular weight excluding hydrogens is 467 g/mol. The van der Waals surface area contributed by atoms with E-state index >= 15 is 0 Å². The Morgan fingerprint density at radius 2 is 2.14 bits per heavy atom. The lowest BCUT2D eigenvalue weighted by atomic mass is 10.0. The average Bonchev–Trinajstić information content (AvgIpc) is 3.52. The molecule has 3 rings (SSSR count). The van der Waals surface area contributed by atoms with Gasteiger partial charge in [-0.05, 0) is 50.2 Å². The molecule has 1 aliphatic carbocycles. The Bertz CT molecular complexity index is 664. The van der Waals surface area contributed by atoms with Crippen LogP contribution >= 0.6 is 24.0 Å². The van der Waals surface area contributed by atoms with Gasteiger partial charge in [-0.25, -0.2) is 4.99 Å². The van der Waals surface area contributed by atoms with Crippen molar-refractivity contribution < 1.29 is 9.53 Å². The van der Waals surface area contributed by atoms with Crippen LogP contribution in [0, 0.1) is 5.92 Å². The van der Waals surface area contributed by atoms with Crippen LogP contribution in [0.2, 0.25) is 0 Å². The van der Waals surface area contributed by atoms with Crippen LogP contribution in [-0.4, -0.2) is 63.2 Å². The van der Waals surface area contributed by atoms with Gasteiger partial charge < -0.3 is 19.9 Å². The molecule has 0 aromatic heterocycles. The summed E-state index contributed by atoms with van der Waals surface area (Å²) in [6, 6.07) is 8.17. The number of rotatable bonds is 8. The Hall–Kier alpha value is -1.35. The molecule has 0 spiro atoms. The second-order valence-corrected chi connectivity index (χ2v) is 7.39. The Balaban J connectivity index is 0.00000280. The first-order valence-electron chi connectivity index (χ1n) is 10.1. The Morgan fingerprint density at radius 3 is 2.89 bits per heavy atom. The smallest absolute Gasteiger partial charge is 0.248 e. The molecule has 1 aromatic carbocycles. The standard InChI is InChI=1S/C21H32N4O2.HI/c1-3-22-21(24(2)13-14-27-16-17-10-11-17)23-15-20(26)25-12-6-8-18-7-4-5-9-19(18)25;/h4-5,7,9,17H,3,6,8,10-16H2,1-2H3,(H,22,23);1H. The molecular formula is C21H33IN4O2. The maximum Gasteiger partial charge on any atom is 0.248 e. The highest BCUT2D eigenvalue weighted by Crippen LogP contribution is 2.28. The van der Waals surface area contributed by atoms with E-state index in [-0.39, 0.29) is 36.4 Å². The number of nitrogens with zero attached hydrogens (tertiary/aromatic N) is 3. The number of likely N-dealkylation sites (N-methyl/N-ethyl adjacent to an activating group) is 1. The van der Waals surface area contributed by atoms with E-state index in [1.54, 1.807) is 0 Å². The highest BCUT2D eigenvalue weighted by Gasteiger charge is 2.22. The molecule has 0 bridgehead atoms. The lowest BCUT2D eigenvalue weighted by Gasteiger charge is -2.29. The van der Waals surface area contributed by atoms with E-state index in [9.17, 15) is 4.79 Å². The Kier molecular flexibility index (Phi) is 9.50. The van der Waals surface area contributed by atoms with Crippen molar-refractivity contribution in [2.45, 2.75) is 32.6 Å². The number of carbonyl (C=O) groups is 1. The summed E-state index contributed by atoms with van der Waals surface area (Å²) in [4.78, 5) is 21.3. The third kappa shape index (κ3) is 6.62. The molecule has 1 amide bonds. The maximum absolute atomic E-state index is 12.8. The SMILES string of the molecule is CCNC(=NCC(=O)N1CCCc2ccccc21)N(C)CCOCC1CC1.I. The van der Waals surface area contributed by atoms with Gasteiger partial charge in [-0.2, -0.15) is 0 Å². The summed E-state index contributed by atoms with van der Waals surface area (Å²) in [6.45, 7) is 6.05. The van der Waals surface area contributed by atoms with E-state index < -0.39 is 0 Å². The lowest BCUT2D eigenvalue weighted by Crippen LogP contribution is -2.42. The monoisotopic (exact) mass is 500 g/mol. The van der Waals surface area contributed by atoms with Crippen molar-refractivity contribution in [2.75, 3.05) is 51.3 Å².